The molecule has 1 N–H and O–H groups in total. The number of aliphatic hydroxyl groups is 1. The molecule has 0 aliphatic heterocycles. The average Bonchev–Trinajstić information content (AvgIpc) is 2.88. The number of benzene rings is 1. The zero-order valence-corrected chi connectivity index (χ0v) is 12.6. The minimum atomic E-state index is -0.528. The maximum Gasteiger partial charge on any atom is 0.241 e. The highest BCUT2D eigenvalue weighted by atomic mass is 16.5. The van der Waals surface area contributed by atoms with Gasteiger partial charge in [-0.15, -0.1) is 0 Å². The molecule has 6 nitrogen and oxygen atoms in total. The van der Waals surface area contributed by atoms with Crippen LogP contribution in [-0.2, 0) is 11.3 Å². The largest absolute Gasteiger partial charge is 0.389 e. The summed E-state index contributed by atoms with van der Waals surface area (Å²) in [5.74, 6) is 1.11. The first-order chi connectivity index (χ1) is 10.1. The number of ether oxygens (including phenoxy) is 1. The van der Waals surface area contributed by atoms with Gasteiger partial charge in [-0.3, -0.25) is 4.90 Å². The summed E-state index contributed by atoms with van der Waals surface area (Å²) in [6.45, 7) is 3.31. The van der Waals surface area contributed by atoms with Crippen LogP contribution in [0.15, 0.2) is 28.8 Å². The molecule has 1 unspecified atom stereocenters. The molecule has 6 heteroatoms. The molecule has 0 saturated heterocycles. The van der Waals surface area contributed by atoms with Crippen molar-refractivity contribution in [3.05, 3.63) is 35.7 Å². The van der Waals surface area contributed by atoms with Crippen LogP contribution in [-0.4, -0.2) is 53.6 Å². The minimum Gasteiger partial charge on any atom is -0.389 e. The molecule has 1 aromatic carbocycles. The first-order valence-corrected chi connectivity index (χ1v) is 6.83. The molecule has 0 bridgehead atoms. The van der Waals surface area contributed by atoms with Gasteiger partial charge in [0.2, 0.25) is 11.7 Å². The number of aliphatic hydroxyl groups excluding tert-OH is 1. The normalized spacial score (nSPS) is 12.8. The van der Waals surface area contributed by atoms with E-state index in [2.05, 4.69) is 10.1 Å². The monoisotopic (exact) mass is 291 g/mol. The first kappa shape index (κ1) is 15.6. The Balaban J connectivity index is 1.95. The van der Waals surface area contributed by atoms with Crippen molar-refractivity contribution >= 4 is 0 Å². The van der Waals surface area contributed by atoms with Crippen LogP contribution >= 0.6 is 0 Å². The fourth-order valence-electron chi connectivity index (χ4n) is 2.04. The summed E-state index contributed by atoms with van der Waals surface area (Å²) in [4.78, 5) is 6.28. The highest BCUT2D eigenvalue weighted by molar-refractivity contribution is 5.54. The Kier molecular flexibility index (Phi) is 5.44. The topological polar surface area (TPSA) is 71.6 Å². The van der Waals surface area contributed by atoms with Gasteiger partial charge in [-0.25, -0.2) is 0 Å². The Bertz CT molecular complexity index is 554. The quantitative estimate of drug-likeness (QED) is 0.833. The SMILES string of the molecule is COCC(O)CN(C)Cc1nc(-c2ccc(C)cc2)no1. The van der Waals surface area contributed by atoms with E-state index >= 15 is 0 Å². The summed E-state index contributed by atoms with van der Waals surface area (Å²) in [7, 11) is 3.45. The van der Waals surface area contributed by atoms with E-state index < -0.39 is 6.10 Å². The first-order valence-electron chi connectivity index (χ1n) is 6.83. The van der Waals surface area contributed by atoms with Crippen molar-refractivity contribution in [2.24, 2.45) is 0 Å². The van der Waals surface area contributed by atoms with Gasteiger partial charge < -0.3 is 14.4 Å². The molecule has 1 aromatic heterocycles. The van der Waals surface area contributed by atoms with Crippen LogP contribution < -0.4 is 0 Å². The number of aromatic nitrogens is 2. The predicted molar refractivity (Wildman–Crippen MR) is 78.7 cm³/mol. The third kappa shape index (κ3) is 4.63. The van der Waals surface area contributed by atoms with Crippen molar-refractivity contribution in [1.29, 1.82) is 0 Å². The van der Waals surface area contributed by atoms with Crippen LogP contribution in [0.25, 0.3) is 11.4 Å². The average molecular weight is 291 g/mol. The number of aryl methyl sites for hydroxylation is 1. The Labute approximate surface area is 124 Å². The number of methoxy groups -OCH3 is 1. The highest BCUT2D eigenvalue weighted by Gasteiger charge is 2.13. The number of hydrogen-bond acceptors (Lipinski definition) is 6. The van der Waals surface area contributed by atoms with Gasteiger partial charge in [0.25, 0.3) is 0 Å². The number of hydrogen-bond donors (Lipinski definition) is 1. The second-order valence-electron chi connectivity index (χ2n) is 5.18. The van der Waals surface area contributed by atoms with Gasteiger partial charge in [0.1, 0.15) is 0 Å². The summed E-state index contributed by atoms with van der Waals surface area (Å²) in [6.07, 6.45) is -0.528. The van der Waals surface area contributed by atoms with Crippen LogP contribution in [0.4, 0.5) is 0 Å². The zero-order chi connectivity index (χ0) is 15.2. The molecule has 114 valence electrons. The summed E-state index contributed by atoms with van der Waals surface area (Å²) < 4.78 is 10.1. The summed E-state index contributed by atoms with van der Waals surface area (Å²) in [5, 5.41) is 13.7. The van der Waals surface area contributed by atoms with E-state index in [1.54, 1.807) is 7.11 Å². The van der Waals surface area contributed by atoms with Crippen molar-refractivity contribution in [2.75, 3.05) is 27.3 Å². The molecular weight excluding hydrogens is 270 g/mol. The molecule has 0 fully saturated rings. The summed E-state index contributed by atoms with van der Waals surface area (Å²) >= 11 is 0. The van der Waals surface area contributed by atoms with E-state index in [0.29, 0.717) is 31.4 Å². The van der Waals surface area contributed by atoms with Crippen LogP contribution in [0, 0.1) is 6.92 Å². The minimum absolute atomic E-state index is 0.308. The Morgan fingerprint density at radius 3 is 2.71 bits per heavy atom. The lowest BCUT2D eigenvalue weighted by Crippen LogP contribution is -2.31. The lowest BCUT2D eigenvalue weighted by atomic mass is 10.1. The smallest absolute Gasteiger partial charge is 0.241 e. The third-order valence-corrected chi connectivity index (χ3v) is 3.06. The van der Waals surface area contributed by atoms with Crippen LogP contribution in [0.2, 0.25) is 0 Å². The molecule has 2 aromatic rings. The Hall–Kier alpha value is -1.76. The van der Waals surface area contributed by atoms with E-state index in [0.717, 1.165) is 5.56 Å². The van der Waals surface area contributed by atoms with Crippen LogP contribution in [0.5, 0.6) is 0 Å². The number of nitrogens with zero attached hydrogens (tertiary/aromatic N) is 3. The molecule has 0 saturated carbocycles. The van der Waals surface area contributed by atoms with Crippen molar-refractivity contribution < 1.29 is 14.4 Å². The second-order valence-corrected chi connectivity index (χ2v) is 5.18. The van der Waals surface area contributed by atoms with E-state index in [-0.39, 0.29) is 0 Å². The lowest BCUT2D eigenvalue weighted by Gasteiger charge is -2.17. The van der Waals surface area contributed by atoms with E-state index in [1.807, 2.05) is 43.1 Å². The van der Waals surface area contributed by atoms with Crippen molar-refractivity contribution in [2.45, 2.75) is 19.6 Å². The second kappa shape index (κ2) is 7.31. The molecular formula is C15H21N3O3. The molecule has 0 aliphatic carbocycles. The lowest BCUT2D eigenvalue weighted by molar-refractivity contribution is 0.0400. The highest BCUT2D eigenvalue weighted by Crippen LogP contribution is 2.16. The van der Waals surface area contributed by atoms with Crippen molar-refractivity contribution in [1.82, 2.24) is 15.0 Å². The Morgan fingerprint density at radius 1 is 1.33 bits per heavy atom. The molecule has 0 spiro atoms. The van der Waals surface area contributed by atoms with E-state index in [9.17, 15) is 5.11 Å². The van der Waals surface area contributed by atoms with Gasteiger partial charge in [-0.05, 0) is 14.0 Å². The molecule has 0 aliphatic rings. The molecule has 0 radical (unpaired) electrons. The van der Waals surface area contributed by atoms with Crippen molar-refractivity contribution in [3.8, 4) is 11.4 Å². The van der Waals surface area contributed by atoms with Crippen molar-refractivity contribution in [3.63, 3.8) is 0 Å². The standard InChI is InChI=1S/C15H21N3O3/c1-11-4-6-12(7-5-11)15-16-14(21-17-15)9-18(2)8-13(19)10-20-3/h4-7,13,19H,8-10H2,1-3H3. The molecule has 1 atom stereocenters. The van der Waals surface area contributed by atoms with Gasteiger partial charge in [-0.1, -0.05) is 35.0 Å². The molecule has 21 heavy (non-hydrogen) atoms. The summed E-state index contributed by atoms with van der Waals surface area (Å²) in [5.41, 5.74) is 2.12. The Morgan fingerprint density at radius 2 is 2.05 bits per heavy atom. The molecule has 2 rings (SSSR count). The third-order valence-electron chi connectivity index (χ3n) is 3.06. The summed E-state index contributed by atoms with van der Waals surface area (Å²) in [6, 6.07) is 7.96. The van der Waals surface area contributed by atoms with E-state index in [4.69, 9.17) is 9.26 Å². The van der Waals surface area contributed by atoms with Crippen LogP contribution in [0.1, 0.15) is 11.5 Å². The maximum atomic E-state index is 9.67. The zero-order valence-electron chi connectivity index (χ0n) is 12.6. The van der Waals surface area contributed by atoms with Gasteiger partial charge in [0.15, 0.2) is 0 Å². The molecule has 0 amide bonds. The fourth-order valence-corrected chi connectivity index (χ4v) is 2.04. The fraction of sp³-hybridized carbons (Fsp3) is 0.467. The maximum absolute atomic E-state index is 9.67. The van der Waals surface area contributed by atoms with Gasteiger partial charge >= 0.3 is 0 Å². The number of rotatable bonds is 7. The molecule has 1 heterocycles. The van der Waals surface area contributed by atoms with Crippen LogP contribution in [0.3, 0.4) is 0 Å². The predicted octanol–water partition coefficient (Wildman–Crippen LogP) is 1.48. The van der Waals surface area contributed by atoms with Gasteiger partial charge in [0.05, 0.1) is 19.3 Å². The van der Waals surface area contributed by atoms with Gasteiger partial charge in [-0.2, -0.15) is 4.98 Å². The van der Waals surface area contributed by atoms with E-state index in [1.165, 1.54) is 5.56 Å². The number of likely N-dealkylation sites (N-methyl/N-ethyl adjacent to an activating group) is 1. The van der Waals surface area contributed by atoms with Gasteiger partial charge in [0, 0.05) is 19.2 Å².